The summed E-state index contributed by atoms with van der Waals surface area (Å²) in [7, 11) is 0. The number of nitrogens with zero attached hydrogens (tertiary/aromatic N) is 2. The molecule has 108 valence electrons. The number of nitriles is 1. The van der Waals surface area contributed by atoms with E-state index in [9.17, 15) is 14.0 Å². The van der Waals surface area contributed by atoms with Gasteiger partial charge in [-0.2, -0.15) is 5.26 Å². The van der Waals surface area contributed by atoms with Gasteiger partial charge in [0.2, 0.25) is 0 Å². The number of rotatable bonds is 3. The maximum atomic E-state index is 14.2. The smallest absolute Gasteiger partial charge is 0.415 e. The van der Waals surface area contributed by atoms with Crippen molar-refractivity contribution in [3.63, 3.8) is 0 Å². The Hall–Kier alpha value is -2.62. The Bertz CT molecular complexity index is 679. The second-order valence-corrected chi connectivity index (χ2v) is 5.24. The third kappa shape index (κ3) is 2.09. The molecule has 2 amide bonds. The first-order chi connectivity index (χ1) is 9.97. The molecule has 1 aromatic rings. The van der Waals surface area contributed by atoms with Crippen molar-refractivity contribution >= 4 is 17.7 Å². The summed E-state index contributed by atoms with van der Waals surface area (Å²) in [5.74, 6) is -1.29. The highest BCUT2D eigenvalue weighted by atomic mass is 19.1. The number of ether oxygens (including phenoxy) is 1. The molecule has 6 nitrogen and oxygen atoms in total. The van der Waals surface area contributed by atoms with Crippen molar-refractivity contribution < 1.29 is 18.7 Å². The quantitative estimate of drug-likeness (QED) is 0.903. The Morgan fingerprint density at radius 2 is 2.24 bits per heavy atom. The van der Waals surface area contributed by atoms with Crippen LogP contribution in [0.4, 0.5) is 14.9 Å². The fourth-order valence-corrected chi connectivity index (χ4v) is 2.45. The van der Waals surface area contributed by atoms with Gasteiger partial charge in [0.1, 0.15) is 5.82 Å². The molecule has 1 heterocycles. The summed E-state index contributed by atoms with van der Waals surface area (Å²) < 4.78 is 19.0. The van der Waals surface area contributed by atoms with E-state index in [1.165, 1.54) is 12.1 Å². The second kappa shape index (κ2) is 4.45. The van der Waals surface area contributed by atoms with Gasteiger partial charge in [-0.3, -0.25) is 9.69 Å². The highest BCUT2D eigenvalue weighted by Crippen LogP contribution is 2.48. The number of benzene rings is 1. The van der Waals surface area contributed by atoms with E-state index in [4.69, 9.17) is 15.7 Å². The van der Waals surface area contributed by atoms with Gasteiger partial charge < -0.3 is 10.5 Å². The fraction of sp³-hybridized carbons (Fsp3) is 0.357. The number of hydrogen-bond acceptors (Lipinski definition) is 4. The van der Waals surface area contributed by atoms with E-state index < -0.39 is 29.3 Å². The lowest BCUT2D eigenvalue weighted by atomic mass is 9.97. The molecule has 7 heteroatoms. The summed E-state index contributed by atoms with van der Waals surface area (Å²) in [4.78, 5) is 23.9. The molecule has 2 N–H and O–H groups in total. The van der Waals surface area contributed by atoms with E-state index in [0.29, 0.717) is 18.4 Å². The van der Waals surface area contributed by atoms with E-state index in [-0.39, 0.29) is 12.2 Å². The van der Waals surface area contributed by atoms with Gasteiger partial charge in [0.05, 0.1) is 23.7 Å². The van der Waals surface area contributed by atoms with E-state index in [0.717, 1.165) is 4.90 Å². The molecular formula is C14H12FN3O3. The van der Waals surface area contributed by atoms with Crippen LogP contribution >= 0.6 is 0 Å². The number of nitrogens with two attached hydrogens (primary N) is 1. The average Bonchev–Trinajstić information content (AvgIpc) is 3.14. The topological polar surface area (TPSA) is 96.4 Å². The Morgan fingerprint density at radius 3 is 2.71 bits per heavy atom. The van der Waals surface area contributed by atoms with Crippen LogP contribution in [0.5, 0.6) is 0 Å². The molecule has 1 aromatic carbocycles. The maximum Gasteiger partial charge on any atom is 0.415 e. The molecule has 21 heavy (non-hydrogen) atoms. The molecule has 1 unspecified atom stereocenters. The van der Waals surface area contributed by atoms with E-state index in [1.807, 2.05) is 0 Å². The second-order valence-electron chi connectivity index (χ2n) is 5.24. The number of halogens is 1. The molecular weight excluding hydrogens is 277 g/mol. The van der Waals surface area contributed by atoms with Crippen LogP contribution in [0.3, 0.4) is 0 Å². The number of amides is 2. The lowest BCUT2D eigenvalue weighted by Gasteiger charge is -2.15. The van der Waals surface area contributed by atoms with Gasteiger partial charge in [0, 0.05) is 5.56 Å². The molecule has 0 radical (unpaired) electrons. The van der Waals surface area contributed by atoms with Crippen LogP contribution in [-0.4, -0.2) is 24.6 Å². The van der Waals surface area contributed by atoms with Crippen molar-refractivity contribution in [3.05, 3.63) is 29.6 Å². The highest BCUT2D eigenvalue weighted by Gasteiger charge is 2.47. The van der Waals surface area contributed by atoms with Crippen LogP contribution in [0.2, 0.25) is 0 Å². The first-order valence-corrected chi connectivity index (χ1v) is 6.45. The van der Waals surface area contributed by atoms with Gasteiger partial charge >= 0.3 is 6.09 Å². The van der Waals surface area contributed by atoms with Gasteiger partial charge in [0.15, 0.2) is 6.10 Å². The number of hydrogen-bond donors (Lipinski definition) is 1. The third-order valence-electron chi connectivity index (χ3n) is 3.87. The summed E-state index contributed by atoms with van der Waals surface area (Å²) >= 11 is 0. The fourth-order valence-electron chi connectivity index (χ4n) is 2.45. The van der Waals surface area contributed by atoms with Crippen molar-refractivity contribution in [2.24, 2.45) is 5.73 Å². The molecule has 0 bridgehead atoms. The van der Waals surface area contributed by atoms with Crippen molar-refractivity contribution in [2.75, 3.05) is 11.4 Å². The van der Waals surface area contributed by atoms with Gasteiger partial charge in [-0.25, -0.2) is 9.18 Å². The molecule has 0 aromatic heterocycles. The molecule has 1 aliphatic carbocycles. The zero-order chi connectivity index (χ0) is 15.2. The Balaban J connectivity index is 1.88. The monoisotopic (exact) mass is 289 g/mol. The number of anilines is 1. The molecule has 2 aliphatic rings. The molecule has 3 rings (SSSR count). The zero-order valence-corrected chi connectivity index (χ0v) is 11.0. The van der Waals surface area contributed by atoms with Crippen LogP contribution in [0.25, 0.3) is 0 Å². The summed E-state index contributed by atoms with van der Waals surface area (Å²) in [6, 6.07) is 6.35. The van der Waals surface area contributed by atoms with Crippen molar-refractivity contribution in [1.82, 2.24) is 0 Å². The minimum atomic E-state index is -1.03. The normalized spacial score (nSPS) is 22.6. The molecule has 1 atom stereocenters. The summed E-state index contributed by atoms with van der Waals surface area (Å²) in [5.41, 5.74) is 4.97. The predicted molar refractivity (Wildman–Crippen MR) is 69.7 cm³/mol. The minimum absolute atomic E-state index is 0.0453. The van der Waals surface area contributed by atoms with Crippen LogP contribution < -0.4 is 10.6 Å². The van der Waals surface area contributed by atoms with Crippen LogP contribution in [0.15, 0.2) is 18.2 Å². The van der Waals surface area contributed by atoms with Crippen LogP contribution in [0.1, 0.15) is 18.4 Å². The van der Waals surface area contributed by atoms with Gasteiger partial charge in [-0.15, -0.1) is 0 Å². The predicted octanol–water partition coefficient (Wildman–Crippen LogP) is 1.19. The summed E-state index contributed by atoms with van der Waals surface area (Å²) in [6.07, 6.45) is -0.508. The molecule has 1 saturated heterocycles. The van der Waals surface area contributed by atoms with Gasteiger partial charge in [0.25, 0.3) is 5.91 Å². The minimum Gasteiger partial charge on any atom is -0.434 e. The Labute approximate surface area is 119 Å². The Morgan fingerprint density at radius 1 is 1.52 bits per heavy atom. The largest absolute Gasteiger partial charge is 0.434 e. The van der Waals surface area contributed by atoms with Crippen molar-refractivity contribution in [2.45, 2.75) is 24.4 Å². The first-order valence-electron chi connectivity index (χ1n) is 6.45. The van der Waals surface area contributed by atoms with Crippen molar-refractivity contribution in [1.29, 1.82) is 5.26 Å². The van der Waals surface area contributed by atoms with E-state index in [2.05, 4.69) is 6.07 Å². The standard InChI is InChI=1S/C14H12FN3O3/c15-10-5-8(1-2-9(10)14(7-16)3-4-14)18-6-11(12(17)19)21-13(18)20/h1-2,5,11H,3-4,6H2,(H2,17,19). The van der Waals surface area contributed by atoms with Crippen LogP contribution in [0, 0.1) is 17.1 Å². The molecule has 2 fully saturated rings. The highest BCUT2D eigenvalue weighted by molar-refractivity contribution is 5.95. The summed E-state index contributed by atoms with van der Waals surface area (Å²) in [5, 5.41) is 9.10. The van der Waals surface area contributed by atoms with E-state index in [1.54, 1.807) is 6.07 Å². The maximum absolute atomic E-state index is 14.2. The van der Waals surface area contributed by atoms with Gasteiger partial charge in [-0.1, -0.05) is 6.07 Å². The molecule has 1 saturated carbocycles. The SMILES string of the molecule is N#CC1(c2ccc(N3CC(C(N)=O)OC3=O)cc2F)CC1. The average molecular weight is 289 g/mol. The summed E-state index contributed by atoms with van der Waals surface area (Å²) in [6.45, 7) is -0.0453. The Kier molecular flexibility index (Phi) is 2.83. The third-order valence-corrected chi connectivity index (χ3v) is 3.87. The zero-order valence-electron chi connectivity index (χ0n) is 11.0. The molecule has 0 spiro atoms. The van der Waals surface area contributed by atoms with Crippen LogP contribution in [-0.2, 0) is 14.9 Å². The van der Waals surface area contributed by atoms with E-state index >= 15 is 0 Å². The lowest BCUT2D eigenvalue weighted by molar-refractivity contribution is -0.124. The van der Waals surface area contributed by atoms with Crippen molar-refractivity contribution in [3.8, 4) is 6.07 Å². The lowest BCUT2D eigenvalue weighted by Crippen LogP contribution is -2.32. The number of carbonyl (C=O) groups excluding carboxylic acids is 2. The van der Waals surface area contributed by atoms with Gasteiger partial charge in [-0.05, 0) is 25.0 Å². The number of carbonyl (C=O) groups is 2. The number of primary amides is 1. The number of cyclic esters (lactones) is 1. The molecule has 1 aliphatic heterocycles. The first kappa shape index (κ1) is 13.4.